The molecule has 2 heterocycles. The Balaban J connectivity index is 1.51. The van der Waals surface area contributed by atoms with Gasteiger partial charge in [-0.1, -0.05) is 97.1 Å². The summed E-state index contributed by atoms with van der Waals surface area (Å²) in [4.78, 5) is 48.9. The summed E-state index contributed by atoms with van der Waals surface area (Å²) in [6.07, 6.45) is 0. The number of para-hydroxylation sites is 2. The van der Waals surface area contributed by atoms with E-state index >= 15 is 14.4 Å². The molecule has 0 N–H and O–H groups in total. The lowest BCUT2D eigenvalue weighted by Crippen LogP contribution is -2.71. The van der Waals surface area contributed by atoms with Gasteiger partial charge in [-0.15, -0.1) is 0 Å². The van der Waals surface area contributed by atoms with Gasteiger partial charge in [0.25, 0.3) is 0 Å². The van der Waals surface area contributed by atoms with Gasteiger partial charge in [-0.2, -0.15) is 10.2 Å². The molecule has 0 bridgehead atoms. The molecule has 0 amide bonds. The summed E-state index contributed by atoms with van der Waals surface area (Å²) >= 11 is 0. The molecule has 9 nitrogen and oxygen atoms in total. The van der Waals surface area contributed by atoms with Crippen LogP contribution in [0.1, 0.15) is 36.1 Å². The van der Waals surface area contributed by atoms with E-state index in [0.29, 0.717) is 33.5 Å². The Labute approximate surface area is 331 Å². The van der Waals surface area contributed by atoms with E-state index in [-0.39, 0.29) is 30.2 Å². The lowest BCUT2D eigenvalue weighted by atomic mass is 9.54. The first-order valence-electron chi connectivity index (χ1n) is 19.1. The summed E-state index contributed by atoms with van der Waals surface area (Å²) in [5.41, 5.74) is -6.39. The van der Waals surface area contributed by atoms with Crippen LogP contribution in [-0.4, -0.2) is 47.9 Å². The van der Waals surface area contributed by atoms with Gasteiger partial charge in [0.1, 0.15) is 22.6 Å². The summed E-state index contributed by atoms with van der Waals surface area (Å²) in [5.74, 6) is -3.88. The Hall–Kier alpha value is -7.01. The number of ether oxygens (including phenoxy) is 2. The number of carbonyl (C=O) groups is 3. The van der Waals surface area contributed by atoms with Crippen LogP contribution in [0.4, 0.5) is 20.2 Å². The molecule has 6 aromatic carbocycles. The third-order valence-electron chi connectivity index (χ3n) is 12.1. The van der Waals surface area contributed by atoms with Gasteiger partial charge >= 0.3 is 11.9 Å². The summed E-state index contributed by atoms with van der Waals surface area (Å²) in [6.45, 7) is 3.02. The average Bonchev–Trinajstić information content (AvgIpc) is 3.89. The standard InChI is InChI=1S/C47H34F2N4O5/c1-3-57-42(55)44-39(30-21-25-32(48)26-22-30)50-53(35-17-9-6-10-18-35)47(44)37-20-12-14-29-13-11-19-36(38(29)37)45(47)40(31-23-27-33(49)28-24-31)51-52(34-15-7-5-8-16-34)46(45,41(44)54)43(56)58-4-2/h5-28H,3-4H2,1-2H3. The highest BCUT2D eigenvalue weighted by atomic mass is 19.1. The number of nitrogens with zero attached hydrogens (tertiary/aromatic N) is 4. The normalized spacial score (nSPS) is 24.9. The highest BCUT2D eigenvalue weighted by Crippen LogP contribution is 2.79. The number of anilines is 2. The molecule has 2 aliphatic heterocycles. The number of hydrogen-bond donors (Lipinski definition) is 0. The molecule has 0 radical (unpaired) electrons. The van der Waals surface area contributed by atoms with Crippen LogP contribution in [0.5, 0.6) is 0 Å². The van der Waals surface area contributed by atoms with Crippen molar-refractivity contribution in [3.05, 3.63) is 179 Å². The van der Waals surface area contributed by atoms with E-state index in [0.717, 1.165) is 5.39 Å². The third kappa shape index (κ3) is 3.90. The van der Waals surface area contributed by atoms with Gasteiger partial charge in [-0.25, -0.2) is 18.6 Å². The first-order valence-corrected chi connectivity index (χ1v) is 19.1. The van der Waals surface area contributed by atoms with Crippen LogP contribution < -0.4 is 10.0 Å². The predicted octanol–water partition coefficient (Wildman–Crippen LogP) is 7.85. The van der Waals surface area contributed by atoms with Crippen molar-refractivity contribution < 1.29 is 32.6 Å². The highest BCUT2D eigenvalue weighted by Gasteiger charge is 2.99. The SMILES string of the molecule is CCOC(=O)C12C(=O)C3(C(=O)OCC)N(c4ccccc4)N=C(c4ccc(F)cc4)C34c3cccc5cccc(c35)C14N(c1ccccc1)N=C2c1ccc(F)cc1. The van der Waals surface area contributed by atoms with Crippen LogP contribution >= 0.6 is 0 Å². The molecular formula is C47H34F2N4O5. The van der Waals surface area contributed by atoms with Crippen LogP contribution in [0, 0.1) is 17.0 Å². The van der Waals surface area contributed by atoms with Crippen molar-refractivity contribution in [2.24, 2.45) is 15.6 Å². The van der Waals surface area contributed by atoms with Crippen molar-refractivity contribution in [1.29, 1.82) is 0 Å². The van der Waals surface area contributed by atoms with E-state index in [1.807, 2.05) is 66.7 Å². The number of halogens is 2. The molecule has 286 valence electrons. The first kappa shape index (κ1) is 35.4. The highest BCUT2D eigenvalue weighted by molar-refractivity contribution is 6.45. The molecular weight excluding hydrogens is 739 g/mol. The van der Waals surface area contributed by atoms with Crippen LogP contribution in [0.15, 0.2) is 156 Å². The van der Waals surface area contributed by atoms with E-state index in [4.69, 9.17) is 19.7 Å². The van der Waals surface area contributed by atoms with E-state index in [2.05, 4.69) is 0 Å². The molecule has 4 atom stereocenters. The zero-order chi connectivity index (χ0) is 40.0. The molecule has 1 fully saturated rings. The Kier molecular flexibility index (Phi) is 7.63. The molecule has 2 spiro atoms. The van der Waals surface area contributed by atoms with Crippen LogP contribution in [0.25, 0.3) is 10.8 Å². The topological polar surface area (TPSA) is 101 Å². The van der Waals surface area contributed by atoms with Crippen molar-refractivity contribution in [2.45, 2.75) is 30.3 Å². The lowest BCUT2D eigenvalue weighted by molar-refractivity contribution is -0.159. The summed E-state index contributed by atoms with van der Waals surface area (Å²) in [5, 5.41) is 15.1. The zero-order valence-electron chi connectivity index (χ0n) is 31.4. The summed E-state index contributed by atoms with van der Waals surface area (Å²) < 4.78 is 41.9. The number of rotatable bonds is 8. The molecule has 58 heavy (non-hydrogen) atoms. The number of esters is 2. The maximum Gasteiger partial charge on any atom is 0.343 e. The van der Waals surface area contributed by atoms with E-state index in [1.54, 1.807) is 61.3 Å². The summed E-state index contributed by atoms with van der Waals surface area (Å²) in [7, 11) is 0. The van der Waals surface area contributed by atoms with Crippen LogP contribution in [0.2, 0.25) is 0 Å². The number of ketones is 1. The van der Waals surface area contributed by atoms with E-state index < -0.39 is 51.3 Å². The second-order valence-electron chi connectivity index (χ2n) is 14.6. The lowest BCUT2D eigenvalue weighted by Gasteiger charge is -2.50. The van der Waals surface area contributed by atoms with E-state index in [1.165, 1.54) is 41.4 Å². The van der Waals surface area contributed by atoms with Crippen molar-refractivity contribution in [3.63, 3.8) is 0 Å². The molecule has 1 saturated carbocycles. The molecule has 11 heteroatoms. The van der Waals surface area contributed by atoms with Crippen molar-refractivity contribution in [1.82, 2.24) is 0 Å². The largest absolute Gasteiger partial charge is 0.465 e. The second kappa shape index (κ2) is 12.5. The molecule has 0 aromatic heterocycles. The Morgan fingerprint density at radius 3 is 1.66 bits per heavy atom. The van der Waals surface area contributed by atoms with Crippen LogP contribution in [-0.2, 0) is 34.8 Å². The molecule has 2 aliphatic carbocycles. The minimum absolute atomic E-state index is 0.0477. The molecule has 4 unspecified atom stereocenters. The van der Waals surface area contributed by atoms with Gasteiger partial charge in [-0.05, 0) is 95.4 Å². The van der Waals surface area contributed by atoms with E-state index in [9.17, 15) is 8.78 Å². The predicted molar refractivity (Wildman–Crippen MR) is 214 cm³/mol. The third-order valence-corrected chi connectivity index (χ3v) is 12.1. The first-order chi connectivity index (χ1) is 28.3. The number of benzene rings is 6. The van der Waals surface area contributed by atoms with Gasteiger partial charge in [0.05, 0.1) is 36.0 Å². The van der Waals surface area contributed by atoms with Gasteiger partial charge in [0.15, 0.2) is 5.78 Å². The van der Waals surface area contributed by atoms with Crippen molar-refractivity contribution >= 4 is 51.3 Å². The van der Waals surface area contributed by atoms with Gasteiger partial charge in [0.2, 0.25) is 11.0 Å². The van der Waals surface area contributed by atoms with Gasteiger partial charge in [0, 0.05) is 0 Å². The Morgan fingerprint density at radius 1 is 0.586 bits per heavy atom. The molecule has 0 saturated heterocycles. The zero-order valence-corrected chi connectivity index (χ0v) is 31.4. The monoisotopic (exact) mass is 772 g/mol. The Morgan fingerprint density at radius 2 is 1.09 bits per heavy atom. The van der Waals surface area contributed by atoms with Gasteiger partial charge < -0.3 is 9.47 Å². The van der Waals surface area contributed by atoms with Crippen molar-refractivity contribution in [3.8, 4) is 0 Å². The minimum Gasteiger partial charge on any atom is -0.465 e. The smallest absolute Gasteiger partial charge is 0.343 e. The summed E-state index contributed by atoms with van der Waals surface area (Å²) in [6, 6.07) is 40.2. The number of Topliss-reactive ketones (excluding diaryl/α,β-unsaturated/α-hetero) is 1. The number of hydrogen-bond acceptors (Lipinski definition) is 9. The number of carbonyl (C=O) groups excluding carboxylic acids is 3. The van der Waals surface area contributed by atoms with Gasteiger partial charge in [-0.3, -0.25) is 14.6 Å². The number of hydrazone groups is 2. The van der Waals surface area contributed by atoms with Crippen LogP contribution in [0.3, 0.4) is 0 Å². The Bertz CT molecular complexity index is 2760. The fourth-order valence-corrected chi connectivity index (χ4v) is 10.4. The maximum absolute atomic E-state index is 17.2. The molecule has 4 aliphatic rings. The van der Waals surface area contributed by atoms with Crippen molar-refractivity contribution in [2.75, 3.05) is 23.2 Å². The molecule has 6 aromatic rings. The fraction of sp³-hybridized carbons (Fsp3) is 0.170. The fourth-order valence-electron chi connectivity index (χ4n) is 10.4. The minimum atomic E-state index is -2.50. The quantitative estimate of drug-likeness (QED) is 0.115. The second-order valence-corrected chi connectivity index (χ2v) is 14.6. The average molecular weight is 773 g/mol. The molecule has 10 rings (SSSR count). The maximum atomic E-state index is 17.2.